The number of aliphatic hydroxyl groups excluding tert-OH is 1. The van der Waals surface area contributed by atoms with Crippen molar-refractivity contribution in [1.29, 1.82) is 0 Å². The highest BCUT2D eigenvalue weighted by atomic mass is 19.4. The molecule has 1 rings (SSSR count). The fourth-order valence-electron chi connectivity index (χ4n) is 0.917. The topological polar surface area (TPSA) is 57.5 Å². The minimum absolute atomic E-state index is 0.250. The Hall–Kier alpha value is -1.56. The molecule has 16 heavy (non-hydrogen) atoms. The maximum Gasteiger partial charge on any atom is 0.417 e. The lowest BCUT2D eigenvalue weighted by molar-refractivity contribution is -0.138. The molecule has 6 heteroatoms. The standard InChI is InChI=1S/C8H5F3O2.C2H6O/c9-8(10,11)6-4-2-1-3-5(6)7(12)13;1-2-3/h1-4H,(H,12,13);3H,2H2,1H3. The van der Waals surface area contributed by atoms with Crippen molar-refractivity contribution in [3.8, 4) is 0 Å². The van der Waals surface area contributed by atoms with Gasteiger partial charge in [0, 0.05) is 6.61 Å². The van der Waals surface area contributed by atoms with E-state index < -0.39 is 23.3 Å². The number of alkyl halides is 3. The molecule has 0 amide bonds. The number of rotatable bonds is 1. The molecule has 2 N–H and O–H groups in total. The highest BCUT2D eigenvalue weighted by Gasteiger charge is 2.34. The van der Waals surface area contributed by atoms with Gasteiger partial charge in [0.25, 0.3) is 0 Å². The van der Waals surface area contributed by atoms with Crippen LogP contribution in [-0.4, -0.2) is 22.8 Å². The summed E-state index contributed by atoms with van der Waals surface area (Å²) in [5.74, 6) is -1.58. The summed E-state index contributed by atoms with van der Waals surface area (Å²) in [6.45, 7) is 1.93. The molecule has 0 heterocycles. The molecule has 0 radical (unpaired) electrons. The largest absolute Gasteiger partial charge is 0.478 e. The number of halogens is 3. The zero-order valence-electron chi connectivity index (χ0n) is 8.45. The first-order valence-corrected chi connectivity index (χ1v) is 4.35. The molecule has 3 nitrogen and oxygen atoms in total. The first-order chi connectivity index (χ1) is 7.34. The number of hydrogen-bond acceptors (Lipinski definition) is 2. The second-order valence-corrected chi connectivity index (χ2v) is 2.66. The average Bonchev–Trinajstić information content (AvgIpc) is 2.17. The lowest BCUT2D eigenvalue weighted by Gasteiger charge is -2.08. The van der Waals surface area contributed by atoms with Gasteiger partial charge in [-0.15, -0.1) is 0 Å². The van der Waals surface area contributed by atoms with Crippen molar-refractivity contribution in [3.63, 3.8) is 0 Å². The van der Waals surface area contributed by atoms with Crippen molar-refractivity contribution in [1.82, 2.24) is 0 Å². The fraction of sp³-hybridized carbons (Fsp3) is 0.300. The predicted molar refractivity (Wildman–Crippen MR) is 51.2 cm³/mol. The molecule has 0 spiro atoms. The van der Waals surface area contributed by atoms with Gasteiger partial charge in [-0.2, -0.15) is 13.2 Å². The first kappa shape index (κ1) is 14.4. The highest BCUT2D eigenvalue weighted by molar-refractivity contribution is 5.89. The van der Waals surface area contributed by atoms with Crippen LogP contribution in [0.2, 0.25) is 0 Å². The maximum atomic E-state index is 12.1. The van der Waals surface area contributed by atoms with E-state index in [0.717, 1.165) is 18.2 Å². The summed E-state index contributed by atoms with van der Waals surface area (Å²) in [4.78, 5) is 10.4. The molecule has 0 bridgehead atoms. The van der Waals surface area contributed by atoms with E-state index >= 15 is 0 Å². The van der Waals surface area contributed by atoms with E-state index in [0.29, 0.717) is 0 Å². The minimum atomic E-state index is -4.62. The molecule has 0 saturated heterocycles. The van der Waals surface area contributed by atoms with Gasteiger partial charge in [-0.3, -0.25) is 0 Å². The van der Waals surface area contributed by atoms with Gasteiger partial charge in [-0.05, 0) is 19.1 Å². The maximum absolute atomic E-state index is 12.1. The third-order valence-electron chi connectivity index (χ3n) is 1.46. The Labute approximate surface area is 90.1 Å². The molecule has 1 aromatic carbocycles. The third-order valence-corrected chi connectivity index (χ3v) is 1.46. The van der Waals surface area contributed by atoms with Crippen molar-refractivity contribution in [2.45, 2.75) is 13.1 Å². The van der Waals surface area contributed by atoms with Crippen LogP contribution in [0, 0.1) is 0 Å². The molecule has 0 saturated carbocycles. The smallest absolute Gasteiger partial charge is 0.417 e. The molecule has 0 aromatic heterocycles. The number of carbonyl (C=O) groups is 1. The Bertz CT molecular complexity index is 347. The Balaban J connectivity index is 0.000000673. The summed E-state index contributed by atoms with van der Waals surface area (Å²) < 4.78 is 36.4. The molecule has 90 valence electrons. The van der Waals surface area contributed by atoms with E-state index in [2.05, 4.69) is 0 Å². The van der Waals surface area contributed by atoms with Gasteiger partial charge in [0.15, 0.2) is 0 Å². The van der Waals surface area contributed by atoms with Gasteiger partial charge in [-0.25, -0.2) is 4.79 Å². The van der Waals surface area contributed by atoms with Crippen LogP contribution in [0.25, 0.3) is 0 Å². The molecule has 0 aliphatic heterocycles. The number of aliphatic hydroxyl groups is 1. The van der Waals surface area contributed by atoms with Gasteiger partial charge in [0.2, 0.25) is 0 Å². The van der Waals surface area contributed by atoms with E-state index in [4.69, 9.17) is 10.2 Å². The Morgan fingerprint density at radius 1 is 1.31 bits per heavy atom. The lowest BCUT2D eigenvalue weighted by Crippen LogP contribution is -2.12. The van der Waals surface area contributed by atoms with E-state index in [1.807, 2.05) is 0 Å². The fourth-order valence-corrected chi connectivity index (χ4v) is 0.917. The molecule has 0 aliphatic rings. The Morgan fingerprint density at radius 3 is 2.06 bits per heavy atom. The zero-order valence-corrected chi connectivity index (χ0v) is 8.45. The molecule has 0 atom stereocenters. The molecule has 0 fully saturated rings. The number of benzene rings is 1. The van der Waals surface area contributed by atoms with E-state index in [1.165, 1.54) is 6.07 Å². The number of aromatic carboxylic acids is 1. The van der Waals surface area contributed by atoms with Gasteiger partial charge in [0.05, 0.1) is 11.1 Å². The second kappa shape index (κ2) is 6.12. The number of carboxylic acid groups (broad SMARTS) is 1. The van der Waals surface area contributed by atoms with Crippen LogP contribution in [-0.2, 0) is 6.18 Å². The Morgan fingerprint density at radius 2 is 1.75 bits per heavy atom. The van der Waals surface area contributed by atoms with Gasteiger partial charge in [-0.1, -0.05) is 12.1 Å². The van der Waals surface area contributed by atoms with Gasteiger partial charge >= 0.3 is 12.1 Å². The second-order valence-electron chi connectivity index (χ2n) is 2.66. The van der Waals surface area contributed by atoms with Crippen LogP contribution in [0.5, 0.6) is 0 Å². The predicted octanol–water partition coefficient (Wildman–Crippen LogP) is 2.40. The summed E-state index contributed by atoms with van der Waals surface area (Å²) in [7, 11) is 0. The van der Waals surface area contributed by atoms with E-state index in [1.54, 1.807) is 6.92 Å². The molecular formula is C10H11F3O3. The molecular weight excluding hydrogens is 225 g/mol. The van der Waals surface area contributed by atoms with Crippen LogP contribution in [0.15, 0.2) is 24.3 Å². The number of carboxylic acids is 1. The molecule has 0 unspecified atom stereocenters. The van der Waals surface area contributed by atoms with E-state index in [9.17, 15) is 18.0 Å². The summed E-state index contributed by atoms with van der Waals surface area (Å²) in [5, 5.41) is 16.0. The van der Waals surface area contributed by atoms with E-state index in [-0.39, 0.29) is 6.61 Å². The van der Waals surface area contributed by atoms with Crippen molar-refractivity contribution < 1.29 is 28.2 Å². The van der Waals surface area contributed by atoms with Crippen LogP contribution in [0.4, 0.5) is 13.2 Å². The lowest BCUT2D eigenvalue weighted by atomic mass is 10.1. The van der Waals surface area contributed by atoms with Crippen molar-refractivity contribution in [3.05, 3.63) is 35.4 Å². The normalized spacial score (nSPS) is 10.3. The highest BCUT2D eigenvalue weighted by Crippen LogP contribution is 2.31. The summed E-state index contributed by atoms with van der Waals surface area (Å²) >= 11 is 0. The zero-order chi connectivity index (χ0) is 12.8. The Kier molecular flexibility index (Phi) is 5.52. The van der Waals surface area contributed by atoms with Crippen LogP contribution >= 0.6 is 0 Å². The number of hydrogen-bond donors (Lipinski definition) is 2. The van der Waals surface area contributed by atoms with Crippen LogP contribution in [0.1, 0.15) is 22.8 Å². The third kappa shape index (κ3) is 4.31. The van der Waals surface area contributed by atoms with Crippen LogP contribution < -0.4 is 0 Å². The average molecular weight is 236 g/mol. The summed E-state index contributed by atoms with van der Waals surface area (Å²) in [6, 6.07) is 4.06. The minimum Gasteiger partial charge on any atom is -0.478 e. The van der Waals surface area contributed by atoms with Crippen molar-refractivity contribution >= 4 is 5.97 Å². The molecule has 0 aliphatic carbocycles. The van der Waals surface area contributed by atoms with Crippen LogP contribution in [0.3, 0.4) is 0 Å². The first-order valence-electron chi connectivity index (χ1n) is 4.35. The van der Waals surface area contributed by atoms with Crippen molar-refractivity contribution in [2.24, 2.45) is 0 Å². The quantitative estimate of drug-likeness (QED) is 0.787. The van der Waals surface area contributed by atoms with Gasteiger partial charge < -0.3 is 10.2 Å². The molecule has 1 aromatic rings. The van der Waals surface area contributed by atoms with Crippen molar-refractivity contribution in [2.75, 3.05) is 6.61 Å². The monoisotopic (exact) mass is 236 g/mol. The van der Waals surface area contributed by atoms with Gasteiger partial charge in [0.1, 0.15) is 0 Å². The SMILES string of the molecule is CCO.O=C(O)c1ccccc1C(F)(F)F. The summed E-state index contributed by atoms with van der Waals surface area (Å²) in [6.07, 6.45) is -4.62. The summed E-state index contributed by atoms with van der Waals surface area (Å²) in [5.41, 5.74) is -1.85.